The molecule has 0 aliphatic rings. The van der Waals surface area contributed by atoms with Crippen LogP contribution in [0.15, 0.2) is 21.1 Å². The van der Waals surface area contributed by atoms with E-state index in [1.54, 1.807) is 13.1 Å². The number of aromatic nitrogens is 2. The van der Waals surface area contributed by atoms with E-state index >= 15 is 0 Å². The molecule has 0 N–H and O–H groups in total. The Morgan fingerprint density at radius 1 is 1.42 bits per heavy atom. The molecule has 0 aliphatic carbocycles. The molecular formula is C17H26N4O3. The summed E-state index contributed by atoms with van der Waals surface area (Å²) in [7, 11) is 1.46. The van der Waals surface area contributed by atoms with Crippen LogP contribution in [-0.4, -0.2) is 41.1 Å². The maximum atomic E-state index is 12.4. The first-order valence-electron chi connectivity index (χ1n) is 8.12. The average molecular weight is 334 g/mol. The van der Waals surface area contributed by atoms with Crippen LogP contribution in [-0.2, 0) is 16.1 Å². The van der Waals surface area contributed by atoms with Gasteiger partial charge >= 0.3 is 0 Å². The van der Waals surface area contributed by atoms with Gasteiger partial charge in [-0.15, -0.1) is 0 Å². The highest BCUT2D eigenvalue weighted by Crippen LogP contribution is 2.10. The second-order valence-corrected chi connectivity index (χ2v) is 5.63. The summed E-state index contributed by atoms with van der Waals surface area (Å²) in [5.74, 6) is 1.06. The molecule has 0 aromatic carbocycles. The summed E-state index contributed by atoms with van der Waals surface area (Å²) in [4.78, 5) is 36.1. The fourth-order valence-corrected chi connectivity index (χ4v) is 1.84. The van der Waals surface area contributed by atoms with Crippen molar-refractivity contribution >= 4 is 24.2 Å². The van der Waals surface area contributed by atoms with Gasteiger partial charge < -0.3 is 9.53 Å². The number of hydrogen-bond acceptors (Lipinski definition) is 6. The molecule has 0 saturated heterocycles. The Morgan fingerprint density at radius 3 is 2.67 bits per heavy atom. The number of carbonyl (C=O) groups is 1. The number of ether oxygens (including phenoxy) is 1. The maximum Gasteiger partial charge on any atom is 0.258 e. The molecule has 0 spiro atoms. The highest BCUT2D eigenvalue weighted by atomic mass is 16.5. The van der Waals surface area contributed by atoms with E-state index < -0.39 is 6.04 Å². The Morgan fingerprint density at radius 2 is 2.12 bits per heavy atom. The third kappa shape index (κ3) is 5.40. The van der Waals surface area contributed by atoms with Crippen molar-refractivity contribution in [1.82, 2.24) is 9.55 Å². The molecule has 24 heavy (non-hydrogen) atoms. The largest absolute Gasteiger partial charge is 0.483 e. The van der Waals surface area contributed by atoms with E-state index in [1.165, 1.54) is 18.0 Å². The monoisotopic (exact) mass is 334 g/mol. The molecular weight excluding hydrogens is 308 g/mol. The summed E-state index contributed by atoms with van der Waals surface area (Å²) in [6.07, 6.45) is 5.54. The number of aliphatic imine (C=N–C) groups is 2. The summed E-state index contributed by atoms with van der Waals surface area (Å²) < 4.78 is 6.58. The topological polar surface area (TPSA) is 85.9 Å². The zero-order chi connectivity index (χ0) is 18.1. The SMILES string of the molecule is CCC(C)C=Nc1ncn(CC(=N[C@@H](C=O)CC)OC)c(=O)c1C. The zero-order valence-corrected chi connectivity index (χ0v) is 15.0. The molecule has 7 nitrogen and oxygen atoms in total. The highest BCUT2D eigenvalue weighted by molar-refractivity contribution is 5.78. The lowest BCUT2D eigenvalue weighted by Crippen LogP contribution is -2.27. The molecule has 132 valence electrons. The van der Waals surface area contributed by atoms with E-state index in [0.717, 1.165) is 12.7 Å². The Hall–Kier alpha value is -2.31. The van der Waals surface area contributed by atoms with Gasteiger partial charge in [-0.25, -0.2) is 15.0 Å². The van der Waals surface area contributed by atoms with Crippen molar-refractivity contribution in [3.05, 3.63) is 22.2 Å². The fraction of sp³-hybridized carbons (Fsp3) is 0.588. The Kier molecular flexibility index (Phi) is 8.01. The summed E-state index contributed by atoms with van der Waals surface area (Å²) in [5.41, 5.74) is 0.264. The van der Waals surface area contributed by atoms with E-state index in [0.29, 0.717) is 29.6 Å². The van der Waals surface area contributed by atoms with Crippen LogP contribution in [0.2, 0.25) is 0 Å². The number of rotatable bonds is 8. The molecule has 0 bridgehead atoms. The van der Waals surface area contributed by atoms with E-state index in [1.807, 2.05) is 6.92 Å². The van der Waals surface area contributed by atoms with Gasteiger partial charge in [0, 0.05) is 6.21 Å². The summed E-state index contributed by atoms with van der Waals surface area (Å²) >= 11 is 0. The third-order valence-corrected chi connectivity index (χ3v) is 3.76. The van der Waals surface area contributed by atoms with Crippen molar-refractivity contribution in [1.29, 1.82) is 0 Å². The smallest absolute Gasteiger partial charge is 0.258 e. The van der Waals surface area contributed by atoms with Crippen molar-refractivity contribution in [2.45, 2.75) is 53.1 Å². The molecule has 0 fully saturated rings. The first-order chi connectivity index (χ1) is 11.5. The van der Waals surface area contributed by atoms with E-state index in [-0.39, 0.29) is 12.1 Å². The third-order valence-electron chi connectivity index (χ3n) is 3.76. The average Bonchev–Trinajstić information content (AvgIpc) is 2.61. The highest BCUT2D eigenvalue weighted by Gasteiger charge is 2.11. The molecule has 1 aromatic rings. The number of aldehydes is 1. The molecule has 0 saturated carbocycles. The van der Waals surface area contributed by atoms with Crippen LogP contribution in [0, 0.1) is 12.8 Å². The second-order valence-electron chi connectivity index (χ2n) is 5.63. The van der Waals surface area contributed by atoms with Gasteiger partial charge in [-0.2, -0.15) is 0 Å². The number of nitrogens with zero attached hydrogens (tertiary/aromatic N) is 4. The van der Waals surface area contributed by atoms with Crippen LogP contribution in [0.4, 0.5) is 5.82 Å². The van der Waals surface area contributed by atoms with Crippen molar-refractivity contribution in [2.75, 3.05) is 7.11 Å². The minimum absolute atomic E-state index is 0.128. The van der Waals surface area contributed by atoms with Crippen molar-refractivity contribution in [3.8, 4) is 0 Å². The fourth-order valence-electron chi connectivity index (χ4n) is 1.84. The van der Waals surface area contributed by atoms with Crippen LogP contribution >= 0.6 is 0 Å². The second kappa shape index (κ2) is 9.75. The summed E-state index contributed by atoms with van der Waals surface area (Å²) in [5, 5.41) is 0. The maximum absolute atomic E-state index is 12.4. The first kappa shape index (κ1) is 19.7. The molecule has 7 heteroatoms. The molecule has 2 atom stereocenters. The predicted molar refractivity (Wildman–Crippen MR) is 95.4 cm³/mol. The zero-order valence-electron chi connectivity index (χ0n) is 15.0. The molecule has 0 amide bonds. The van der Waals surface area contributed by atoms with Gasteiger partial charge in [0.25, 0.3) is 5.56 Å². The normalized spacial score (nSPS) is 14.6. The quantitative estimate of drug-likeness (QED) is 0.415. The van der Waals surface area contributed by atoms with Gasteiger partial charge in [0.05, 0.1) is 12.7 Å². The van der Waals surface area contributed by atoms with Crippen LogP contribution in [0.3, 0.4) is 0 Å². The minimum atomic E-state index is -0.468. The Bertz CT molecular complexity index is 664. The van der Waals surface area contributed by atoms with Gasteiger partial charge in [-0.3, -0.25) is 9.36 Å². The number of carbonyl (C=O) groups excluding carboxylic acids is 1. The molecule has 1 rings (SSSR count). The Labute approximate surface area is 142 Å². The van der Waals surface area contributed by atoms with Crippen molar-refractivity contribution in [3.63, 3.8) is 0 Å². The van der Waals surface area contributed by atoms with Crippen LogP contribution in [0.1, 0.15) is 39.2 Å². The van der Waals surface area contributed by atoms with Gasteiger partial charge in [0.15, 0.2) is 5.82 Å². The van der Waals surface area contributed by atoms with Crippen LogP contribution < -0.4 is 5.56 Å². The lowest BCUT2D eigenvalue weighted by Gasteiger charge is -2.11. The van der Waals surface area contributed by atoms with Gasteiger partial charge in [0.1, 0.15) is 25.2 Å². The minimum Gasteiger partial charge on any atom is -0.483 e. The predicted octanol–water partition coefficient (Wildman–Crippen LogP) is 2.32. The molecule has 0 aliphatic heterocycles. The van der Waals surface area contributed by atoms with E-state index in [9.17, 15) is 9.59 Å². The van der Waals surface area contributed by atoms with E-state index in [2.05, 4.69) is 28.8 Å². The van der Waals surface area contributed by atoms with Gasteiger partial charge in [0.2, 0.25) is 5.90 Å². The lowest BCUT2D eigenvalue weighted by atomic mass is 10.1. The van der Waals surface area contributed by atoms with Crippen molar-refractivity contribution in [2.24, 2.45) is 15.9 Å². The molecule has 1 unspecified atom stereocenters. The van der Waals surface area contributed by atoms with Crippen LogP contribution in [0.5, 0.6) is 0 Å². The van der Waals surface area contributed by atoms with E-state index in [4.69, 9.17) is 4.74 Å². The standard InChI is InChI=1S/C17H26N4O3/c1-6-12(3)8-18-16-13(4)17(23)21(11-19-16)9-15(24-5)20-14(7-2)10-22/h8,10-12,14H,6-7,9H2,1-5H3/t12?,14-/m1/s1. The van der Waals surface area contributed by atoms with Crippen LogP contribution in [0.25, 0.3) is 0 Å². The lowest BCUT2D eigenvalue weighted by molar-refractivity contribution is -0.108. The van der Waals surface area contributed by atoms with Crippen molar-refractivity contribution < 1.29 is 9.53 Å². The van der Waals surface area contributed by atoms with Gasteiger partial charge in [-0.1, -0.05) is 20.8 Å². The molecule has 0 radical (unpaired) electrons. The van der Waals surface area contributed by atoms with Gasteiger partial charge in [-0.05, 0) is 25.7 Å². The summed E-state index contributed by atoms with van der Waals surface area (Å²) in [6, 6.07) is -0.468. The first-order valence-corrected chi connectivity index (χ1v) is 8.12. The Balaban J connectivity index is 3.06. The number of methoxy groups -OCH3 is 1. The molecule has 1 aromatic heterocycles. The molecule has 1 heterocycles. The summed E-state index contributed by atoms with van der Waals surface area (Å²) in [6.45, 7) is 7.81. The number of hydrogen-bond donors (Lipinski definition) is 0.